The number of para-hydroxylation sites is 1. The predicted octanol–water partition coefficient (Wildman–Crippen LogP) is 3.41. The number of hydrogen-bond donors (Lipinski definition) is 1. The number of nitrogens with two attached hydrogens (primary N) is 1. The van der Waals surface area contributed by atoms with E-state index in [1.807, 2.05) is 18.2 Å². The summed E-state index contributed by atoms with van der Waals surface area (Å²) in [5, 5.41) is 1.12. The molecule has 19 heavy (non-hydrogen) atoms. The Bertz CT molecular complexity index is 485. The first-order chi connectivity index (χ1) is 9.10. The summed E-state index contributed by atoms with van der Waals surface area (Å²) < 4.78 is 5.83. The van der Waals surface area contributed by atoms with Crippen LogP contribution in [0.3, 0.4) is 0 Å². The Hall–Kier alpha value is -1.32. The van der Waals surface area contributed by atoms with Crippen molar-refractivity contribution in [2.75, 3.05) is 19.6 Å². The quantitative estimate of drug-likeness (QED) is 0.865. The van der Waals surface area contributed by atoms with Gasteiger partial charge in [0.1, 0.15) is 11.3 Å². The van der Waals surface area contributed by atoms with Crippen molar-refractivity contribution in [1.29, 1.82) is 0 Å². The zero-order chi connectivity index (χ0) is 13.8. The maximum atomic E-state index is 6.28. The highest BCUT2D eigenvalue weighted by molar-refractivity contribution is 5.77. The molecule has 2 aromatic rings. The Morgan fingerprint density at radius 3 is 2.58 bits per heavy atom. The summed E-state index contributed by atoms with van der Waals surface area (Å²) in [4.78, 5) is 2.38. The van der Waals surface area contributed by atoms with Gasteiger partial charge in [0.2, 0.25) is 0 Å². The summed E-state index contributed by atoms with van der Waals surface area (Å²) in [6.45, 7) is 9.57. The third kappa shape index (κ3) is 3.58. The Morgan fingerprint density at radius 1 is 1.21 bits per heavy atom. The molecular weight excluding hydrogens is 236 g/mol. The number of benzene rings is 1. The van der Waals surface area contributed by atoms with Crippen molar-refractivity contribution in [1.82, 2.24) is 4.90 Å². The van der Waals surface area contributed by atoms with Crippen molar-refractivity contribution >= 4 is 11.0 Å². The average Bonchev–Trinajstić information content (AvgIpc) is 2.81. The van der Waals surface area contributed by atoms with Gasteiger partial charge in [0.25, 0.3) is 0 Å². The van der Waals surface area contributed by atoms with Crippen molar-refractivity contribution in [2.24, 2.45) is 11.7 Å². The number of fused-ring (bicyclic) bond motifs is 1. The minimum atomic E-state index is -0.0638. The minimum Gasteiger partial charge on any atom is -0.459 e. The Balaban J connectivity index is 2.08. The molecule has 0 aliphatic carbocycles. The predicted molar refractivity (Wildman–Crippen MR) is 80.1 cm³/mol. The maximum absolute atomic E-state index is 6.28. The third-order valence-electron chi connectivity index (χ3n) is 3.34. The largest absolute Gasteiger partial charge is 0.459 e. The first-order valence-electron chi connectivity index (χ1n) is 7.06. The Morgan fingerprint density at radius 2 is 1.95 bits per heavy atom. The fraction of sp³-hybridized carbons (Fsp3) is 0.500. The van der Waals surface area contributed by atoms with Crippen molar-refractivity contribution in [3.05, 3.63) is 36.1 Å². The summed E-state index contributed by atoms with van der Waals surface area (Å²) in [6.07, 6.45) is 0. The van der Waals surface area contributed by atoms with Gasteiger partial charge in [0.05, 0.1) is 6.04 Å². The Kier molecular flexibility index (Phi) is 4.61. The van der Waals surface area contributed by atoms with Gasteiger partial charge in [0.15, 0.2) is 0 Å². The zero-order valence-corrected chi connectivity index (χ0v) is 12.1. The van der Waals surface area contributed by atoms with Crippen LogP contribution in [0, 0.1) is 5.92 Å². The molecule has 104 valence electrons. The highest BCUT2D eigenvalue weighted by Gasteiger charge is 2.16. The van der Waals surface area contributed by atoms with Gasteiger partial charge in [-0.2, -0.15) is 0 Å². The fourth-order valence-corrected chi connectivity index (χ4v) is 2.40. The molecule has 1 aromatic heterocycles. The molecule has 1 atom stereocenters. The number of rotatable bonds is 6. The van der Waals surface area contributed by atoms with Crippen LogP contribution < -0.4 is 5.73 Å². The molecule has 0 aliphatic heterocycles. The van der Waals surface area contributed by atoms with Crippen LogP contribution in [0.4, 0.5) is 0 Å². The van der Waals surface area contributed by atoms with Crippen LogP contribution in [0.1, 0.15) is 32.6 Å². The van der Waals surface area contributed by atoms with Crippen molar-refractivity contribution < 1.29 is 4.42 Å². The van der Waals surface area contributed by atoms with E-state index in [4.69, 9.17) is 10.2 Å². The maximum Gasteiger partial charge on any atom is 0.134 e. The van der Waals surface area contributed by atoms with Crippen LogP contribution in [0.2, 0.25) is 0 Å². The topological polar surface area (TPSA) is 42.4 Å². The lowest BCUT2D eigenvalue weighted by Gasteiger charge is -2.24. The molecule has 3 heteroatoms. The molecule has 1 unspecified atom stereocenters. The summed E-state index contributed by atoms with van der Waals surface area (Å²) in [6, 6.07) is 10.0. The van der Waals surface area contributed by atoms with Gasteiger partial charge in [0, 0.05) is 18.5 Å². The van der Waals surface area contributed by atoms with Gasteiger partial charge in [-0.3, -0.25) is 0 Å². The smallest absolute Gasteiger partial charge is 0.134 e. The first-order valence-corrected chi connectivity index (χ1v) is 7.06. The molecule has 0 bridgehead atoms. The summed E-state index contributed by atoms with van der Waals surface area (Å²) in [7, 11) is 0. The van der Waals surface area contributed by atoms with Crippen LogP contribution in [0.15, 0.2) is 34.7 Å². The summed E-state index contributed by atoms with van der Waals surface area (Å²) >= 11 is 0. The van der Waals surface area contributed by atoms with Gasteiger partial charge in [-0.25, -0.2) is 0 Å². The molecule has 1 aromatic carbocycles. The van der Waals surface area contributed by atoms with E-state index in [0.29, 0.717) is 5.92 Å². The number of likely N-dealkylation sites (N-methyl/N-ethyl adjacent to an activating group) is 1. The lowest BCUT2D eigenvalue weighted by atomic mass is 10.1. The second-order valence-corrected chi connectivity index (χ2v) is 5.54. The van der Waals surface area contributed by atoms with Crippen molar-refractivity contribution in [2.45, 2.75) is 26.8 Å². The third-order valence-corrected chi connectivity index (χ3v) is 3.34. The van der Waals surface area contributed by atoms with Gasteiger partial charge >= 0.3 is 0 Å². The molecule has 0 amide bonds. The lowest BCUT2D eigenvalue weighted by molar-refractivity contribution is 0.234. The van der Waals surface area contributed by atoms with E-state index in [1.165, 1.54) is 0 Å². The molecule has 3 nitrogen and oxygen atoms in total. The van der Waals surface area contributed by atoms with E-state index in [0.717, 1.165) is 36.4 Å². The molecule has 0 saturated carbocycles. The second kappa shape index (κ2) is 6.22. The van der Waals surface area contributed by atoms with Gasteiger partial charge in [-0.15, -0.1) is 0 Å². The zero-order valence-electron chi connectivity index (χ0n) is 12.1. The van der Waals surface area contributed by atoms with E-state index >= 15 is 0 Å². The molecule has 0 radical (unpaired) electrons. The number of nitrogens with zero attached hydrogens (tertiary/aromatic N) is 1. The van der Waals surface area contributed by atoms with Crippen molar-refractivity contribution in [3.63, 3.8) is 0 Å². The number of hydrogen-bond acceptors (Lipinski definition) is 3. The monoisotopic (exact) mass is 260 g/mol. The second-order valence-electron chi connectivity index (χ2n) is 5.54. The summed E-state index contributed by atoms with van der Waals surface area (Å²) in [5.74, 6) is 1.53. The minimum absolute atomic E-state index is 0.0638. The first kappa shape index (κ1) is 14.1. The van der Waals surface area contributed by atoms with Crippen LogP contribution in [0.25, 0.3) is 11.0 Å². The van der Waals surface area contributed by atoms with E-state index in [1.54, 1.807) is 0 Å². The standard InChI is InChI=1S/C16H24N2O/c1-4-18(10-12(2)3)11-14(17)16-9-13-7-5-6-8-15(13)19-16/h5-9,12,14H,4,10-11,17H2,1-3H3. The van der Waals surface area contributed by atoms with E-state index in [-0.39, 0.29) is 6.04 Å². The SMILES string of the molecule is CCN(CC(C)C)CC(N)c1cc2ccccc2o1. The van der Waals surface area contributed by atoms with Crippen LogP contribution in [-0.4, -0.2) is 24.5 Å². The molecule has 1 heterocycles. The molecular formula is C16H24N2O. The van der Waals surface area contributed by atoms with E-state index < -0.39 is 0 Å². The van der Waals surface area contributed by atoms with Crippen LogP contribution in [-0.2, 0) is 0 Å². The van der Waals surface area contributed by atoms with E-state index in [2.05, 4.69) is 37.8 Å². The van der Waals surface area contributed by atoms with Crippen LogP contribution >= 0.6 is 0 Å². The molecule has 2 rings (SSSR count). The molecule has 0 fully saturated rings. The average molecular weight is 260 g/mol. The number of furan rings is 1. The Labute approximate surface area is 115 Å². The van der Waals surface area contributed by atoms with Crippen LogP contribution in [0.5, 0.6) is 0 Å². The lowest BCUT2D eigenvalue weighted by Crippen LogP contribution is -2.34. The highest BCUT2D eigenvalue weighted by atomic mass is 16.3. The summed E-state index contributed by atoms with van der Waals surface area (Å²) in [5.41, 5.74) is 7.19. The molecule has 2 N–H and O–H groups in total. The van der Waals surface area contributed by atoms with E-state index in [9.17, 15) is 0 Å². The molecule has 0 spiro atoms. The van der Waals surface area contributed by atoms with Gasteiger partial charge < -0.3 is 15.1 Å². The van der Waals surface area contributed by atoms with Gasteiger partial charge in [-0.05, 0) is 24.6 Å². The highest BCUT2D eigenvalue weighted by Crippen LogP contribution is 2.23. The molecule has 0 saturated heterocycles. The van der Waals surface area contributed by atoms with Crippen molar-refractivity contribution in [3.8, 4) is 0 Å². The molecule has 0 aliphatic rings. The van der Waals surface area contributed by atoms with Gasteiger partial charge in [-0.1, -0.05) is 39.0 Å². The normalized spacial score (nSPS) is 13.6. The fourth-order valence-electron chi connectivity index (χ4n) is 2.40.